The van der Waals surface area contributed by atoms with Crippen LogP contribution >= 0.6 is 35.6 Å². The van der Waals surface area contributed by atoms with Crippen LogP contribution < -0.4 is 0 Å². The zero-order chi connectivity index (χ0) is 7.40. The van der Waals surface area contributed by atoms with E-state index < -0.39 is 0 Å². The van der Waals surface area contributed by atoms with Gasteiger partial charge >= 0.3 is 0 Å². The van der Waals surface area contributed by atoms with Gasteiger partial charge in [-0.2, -0.15) is 12.6 Å². The highest BCUT2D eigenvalue weighted by atomic mass is 35.5. The van der Waals surface area contributed by atoms with Crippen LogP contribution in [-0.4, -0.2) is 5.75 Å². The van der Waals surface area contributed by atoms with Crippen LogP contribution in [0.25, 0.3) is 0 Å². The summed E-state index contributed by atoms with van der Waals surface area (Å²) >= 11 is 11.7. The molecule has 0 N–H and O–H groups in total. The molecule has 0 nitrogen and oxygen atoms in total. The fraction of sp³-hybridized carbons (Fsp3) is 0.429. The third-order valence-electron chi connectivity index (χ3n) is 1.25. The van der Waals surface area contributed by atoms with Crippen LogP contribution in [0.5, 0.6) is 0 Å². The van der Waals surface area contributed by atoms with Crippen LogP contribution in [0.1, 0.15) is 11.3 Å². The molecule has 0 fully saturated rings. The first-order valence-corrected chi connectivity index (χ1v) is 5.06. The van der Waals surface area contributed by atoms with Gasteiger partial charge in [-0.1, -0.05) is 11.6 Å². The molecule has 1 aromatic rings. The predicted molar refractivity (Wildman–Crippen MR) is 51.5 cm³/mol. The Morgan fingerprint density at radius 3 is 2.90 bits per heavy atom. The maximum absolute atomic E-state index is 5.86. The maximum atomic E-state index is 5.86. The monoisotopic (exact) mass is 192 g/mol. The van der Waals surface area contributed by atoms with E-state index in [4.69, 9.17) is 11.6 Å². The summed E-state index contributed by atoms with van der Waals surface area (Å²) in [4.78, 5) is 1.29. The Morgan fingerprint density at radius 1 is 1.60 bits per heavy atom. The summed E-state index contributed by atoms with van der Waals surface area (Å²) in [7, 11) is 0. The number of rotatable bonds is 3. The van der Waals surface area contributed by atoms with Crippen molar-refractivity contribution in [1.82, 2.24) is 0 Å². The van der Waals surface area contributed by atoms with Crippen molar-refractivity contribution in [3.63, 3.8) is 0 Å². The molecule has 1 aromatic heterocycles. The van der Waals surface area contributed by atoms with Crippen LogP contribution in [0.2, 0.25) is 5.02 Å². The van der Waals surface area contributed by atoms with E-state index in [1.807, 2.05) is 11.4 Å². The second-order valence-corrected chi connectivity index (χ2v) is 3.87. The van der Waals surface area contributed by atoms with E-state index in [0.29, 0.717) is 0 Å². The number of halogens is 1. The highest BCUT2D eigenvalue weighted by molar-refractivity contribution is 7.80. The highest BCUT2D eigenvalue weighted by Gasteiger charge is 1.98. The number of hydrogen-bond donors (Lipinski definition) is 1. The standard InChI is InChI=1S/C7H9ClS2/c8-6-3-5-10-7(6)2-1-4-9/h3,5,9H,1-2,4H2. The molecular weight excluding hydrogens is 184 g/mol. The van der Waals surface area contributed by atoms with Crippen molar-refractivity contribution < 1.29 is 0 Å². The average molecular weight is 193 g/mol. The number of thiophene rings is 1. The normalized spacial score (nSPS) is 10.2. The van der Waals surface area contributed by atoms with Gasteiger partial charge in [0.15, 0.2) is 0 Å². The molecule has 0 radical (unpaired) electrons. The van der Waals surface area contributed by atoms with Gasteiger partial charge in [-0.15, -0.1) is 11.3 Å². The van der Waals surface area contributed by atoms with Gasteiger partial charge in [0.25, 0.3) is 0 Å². The zero-order valence-electron chi connectivity index (χ0n) is 5.51. The van der Waals surface area contributed by atoms with Gasteiger partial charge in [-0.05, 0) is 30.0 Å². The largest absolute Gasteiger partial charge is 0.179 e. The topological polar surface area (TPSA) is 0 Å². The Kier molecular flexibility index (Phi) is 3.60. The van der Waals surface area contributed by atoms with Crippen molar-refractivity contribution in [2.75, 3.05) is 5.75 Å². The Bertz CT molecular complexity index is 195. The van der Waals surface area contributed by atoms with Gasteiger partial charge < -0.3 is 0 Å². The van der Waals surface area contributed by atoms with E-state index >= 15 is 0 Å². The fourth-order valence-corrected chi connectivity index (χ4v) is 2.08. The molecule has 1 rings (SSSR count). The molecule has 1 heterocycles. The van der Waals surface area contributed by atoms with Crippen molar-refractivity contribution in [2.24, 2.45) is 0 Å². The molecule has 0 unspecified atom stereocenters. The molecule has 0 atom stereocenters. The molecule has 56 valence electrons. The van der Waals surface area contributed by atoms with Crippen molar-refractivity contribution in [2.45, 2.75) is 12.8 Å². The third-order valence-corrected chi connectivity index (χ3v) is 3.02. The zero-order valence-corrected chi connectivity index (χ0v) is 7.98. The first kappa shape index (κ1) is 8.44. The minimum absolute atomic E-state index is 0.909. The lowest BCUT2D eigenvalue weighted by atomic mass is 10.3. The van der Waals surface area contributed by atoms with Crippen molar-refractivity contribution in [3.05, 3.63) is 21.3 Å². The first-order valence-electron chi connectivity index (χ1n) is 3.17. The average Bonchev–Trinajstić information content (AvgIpc) is 2.31. The predicted octanol–water partition coefficient (Wildman–Crippen LogP) is 3.26. The highest BCUT2D eigenvalue weighted by Crippen LogP contribution is 2.23. The molecule has 0 saturated heterocycles. The lowest BCUT2D eigenvalue weighted by molar-refractivity contribution is 0.956. The van der Waals surface area contributed by atoms with E-state index in [0.717, 1.165) is 23.6 Å². The van der Waals surface area contributed by atoms with Crippen LogP contribution in [0.3, 0.4) is 0 Å². The fourth-order valence-electron chi connectivity index (χ4n) is 0.743. The SMILES string of the molecule is SCCCc1sccc1Cl. The maximum Gasteiger partial charge on any atom is 0.0544 e. The number of aryl methyl sites for hydroxylation is 1. The number of thiol groups is 1. The summed E-state index contributed by atoms with van der Waals surface area (Å²) in [5, 5.41) is 2.93. The Hall–Kier alpha value is 0.340. The van der Waals surface area contributed by atoms with E-state index in [2.05, 4.69) is 12.6 Å². The second-order valence-electron chi connectivity index (χ2n) is 2.02. The molecule has 0 aliphatic rings. The van der Waals surface area contributed by atoms with E-state index in [9.17, 15) is 0 Å². The molecular formula is C7H9ClS2. The molecule has 0 aliphatic carbocycles. The summed E-state index contributed by atoms with van der Waals surface area (Å²) in [6, 6.07) is 1.94. The minimum atomic E-state index is 0.909. The summed E-state index contributed by atoms with van der Waals surface area (Å²) < 4.78 is 0. The second kappa shape index (κ2) is 4.27. The Balaban J connectivity index is 2.49. The minimum Gasteiger partial charge on any atom is -0.179 e. The summed E-state index contributed by atoms with van der Waals surface area (Å²) in [6.45, 7) is 0. The van der Waals surface area contributed by atoms with Gasteiger partial charge in [0.2, 0.25) is 0 Å². The smallest absolute Gasteiger partial charge is 0.0544 e. The van der Waals surface area contributed by atoms with E-state index in [1.165, 1.54) is 4.88 Å². The van der Waals surface area contributed by atoms with Gasteiger partial charge in [0, 0.05) is 4.88 Å². The molecule has 0 aliphatic heterocycles. The van der Waals surface area contributed by atoms with Crippen molar-refractivity contribution >= 4 is 35.6 Å². The molecule has 0 spiro atoms. The molecule has 10 heavy (non-hydrogen) atoms. The van der Waals surface area contributed by atoms with Crippen LogP contribution in [0, 0.1) is 0 Å². The van der Waals surface area contributed by atoms with E-state index in [1.54, 1.807) is 11.3 Å². The molecule has 0 bridgehead atoms. The lowest BCUT2D eigenvalue weighted by Gasteiger charge is -1.93. The van der Waals surface area contributed by atoms with Crippen molar-refractivity contribution in [1.29, 1.82) is 0 Å². The van der Waals surface area contributed by atoms with Crippen LogP contribution in [-0.2, 0) is 6.42 Å². The summed E-state index contributed by atoms with van der Waals surface area (Å²) in [5.41, 5.74) is 0. The van der Waals surface area contributed by atoms with Gasteiger partial charge in [0.05, 0.1) is 5.02 Å². The molecule has 3 heteroatoms. The first-order chi connectivity index (χ1) is 4.84. The quantitative estimate of drug-likeness (QED) is 0.699. The van der Waals surface area contributed by atoms with Gasteiger partial charge in [-0.25, -0.2) is 0 Å². The molecule has 0 amide bonds. The molecule has 0 saturated carbocycles. The van der Waals surface area contributed by atoms with Crippen LogP contribution in [0.15, 0.2) is 11.4 Å². The Labute approximate surface area is 75.6 Å². The summed E-state index contributed by atoms with van der Waals surface area (Å²) in [5.74, 6) is 0.939. The van der Waals surface area contributed by atoms with E-state index in [-0.39, 0.29) is 0 Å². The Morgan fingerprint density at radius 2 is 2.40 bits per heavy atom. The number of hydrogen-bond acceptors (Lipinski definition) is 2. The van der Waals surface area contributed by atoms with Gasteiger partial charge in [0.1, 0.15) is 0 Å². The van der Waals surface area contributed by atoms with Crippen LogP contribution in [0.4, 0.5) is 0 Å². The van der Waals surface area contributed by atoms with Gasteiger partial charge in [-0.3, -0.25) is 0 Å². The van der Waals surface area contributed by atoms with Crippen molar-refractivity contribution in [3.8, 4) is 0 Å². The molecule has 0 aromatic carbocycles. The summed E-state index contributed by atoms with van der Waals surface area (Å²) in [6.07, 6.45) is 2.18. The third kappa shape index (κ3) is 2.19. The lowest BCUT2D eigenvalue weighted by Crippen LogP contribution is -1.81.